The first kappa shape index (κ1) is 29.6. The van der Waals surface area contributed by atoms with E-state index >= 15 is 0 Å². The predicted octanol–water partition coefficient (Wildman–Crippen LogP) is 4.47. The molecule has 1 heterocycles. The standard InChI is InChI=1S/C28H33FN2O5S2/c1-7-38(35,36)17-19-8-13-22(27(33)20-9-11-21(29)12-10-20)24(14-19)25-16-31(6)26(32)15-23(25)18(2)30-37(34)28(3,4)5/h8-16,18,30H,7,17H2,1-6H3/t18-,37?/m0/s1. The molecule has 3 aromatic rings. The summed E-state index contributed by atoms with van der Waals surface area (Å²) in [4.78, 5) is 26.2. The average molecular weight is 561 g/mol. The zero-order chi connectivity index (χ0) is 28.4. The largest absolute Gasteiger partial charge is 0.318 e. The van der Waals surface area contributed by atoms with Gasteiger partial charge in [0.2, 0.25) is 0 Å². The molecule has 1 N–H and O–H groups in total. The van der Waals surface area contributed by atoms with Crippen molar-refractivity contribution in [1.82, 2.24) is 9.29 Å². The summed E-state index contributed by atoms with van der Waals surface area (Å²) in [6.45, 7) is 8.81. The van der Waals surface area contributed by atoms with Gasteiger partial charge in [0.25, 0.3) is 5.56 Å². The third-order valence-electron chi connectivity index (χ3n) is 6.12. The summed E-state index contributed by atoms with van der Waals surface area (Å²) in [5.74, 6) is -1.12. The van der Waals surface area contributed by atoms with Crippen LogP contribution in [-0.4, -0.2) is 33.5 Å². The van der Waals surface area contributed by atoms with Crippen LogP contribution in [0.5, 0.6) is 0 Å². The summed E-state index contributed by atoms with van der Waals surface area (Å²) < 4.78 is 55.0. The lowest BCUT2D eigenvalue weighted by atomic mass is 9.89. The number of hydrogen-bond donors (Lipinski definition) is 1. The average Bonchev–Trinajstić information content (AvgIpc) is 2.84. The fourth-order valence-electron chi connectivity index (χ4n) is 3.84. The summed E-state index contributed by atoms with van der Waals surface area (Å²) in [6.07, 6.45) is 1.59. The van der Waals surface area contributed by atoms with E-state index in [-0.39, 0.29) is 34.0 Å². The van der Waals surface area contributed by atoms with Gasteiger partial charge in [0.15, 0.2) is 15.6 Å². The van der Waals surface area contributed by atoms with Crippen LogP contribution >= 0.6 is 0 Å². The van der Waals surface area contributed by atoms with Gasteiger partial charge < -0.3 is 4.57 Å². The van der Waals surface area contributed by atoms with Crippen LogP contribution in [0.25, 0.3) is 11.1 Å². The lowest BCUT2D eigenvalue weighted by molar-refractivity contribution is 0.103. The number of halogens is 1. The third kappa shape index (κ3) is 6.92. The second-order valence-electron chi connectivity index (χ2n) is 10.2. The second-order valence-corrected chi connectivity index (χ2v) is 14.6. The monoisotopic (exact) mass is 560 g/mol. The second kappa shape index (κ2) is 11.4. The highest BCUT2D eigenvalue weighted by molar-refractivity contribution is 7.90. The summed E-state index contributed by atoms with van der Waals surface area (Å²) in [7, 11) is -3.24. The van der Waals surface area contributed by atoms with E-state index in [0.29, 0.717) is 22.3 Å². The third-order valence-corrected chi connectivity index (χ3v) is 9.45. The van der Waals surface area contributed by atoms with Crippen LogP contribution in [0, 0.1) is 5.82 Å². The number of aromatic nitrogens is 1. The molecular formula is C28H33FN2O5S2. The summed E-state index contributed by atoms with van der Waals surface area (Å²) in [5.41, 5.74) is 2.15. The maximum Gasteiger partial charge on any atom is 0.250 e. The van der Waals surface area contributed by atoms with Crippen molar-refractivity contribution in [3.05, 3.63) is 93.2 Å². The molecule has 1 aromatic heterocycles. The predicted molar refractivity (Wildman–Crippen MR) is 150 cm³/mol. The highest BCUT2D eigenvalue weighted by Gasteiger charge is 2.25. The smallest absolute Gasteiger partial charge is 0.250 e. The fraction of sp³-hybridized carbons (Fsp3) is 0.357. The molecule has 1 unspecified atom stereocenters. The summed E-state index contributed by atoms with van der Waals surface area (Å²) in [5, 5.41) is 0. The van der Waals surface area contributed by atoms with E-state index in [9.17, 15) is 26.6 Å². The lowest BCUT2D eigenvalue weighted by Crippen LogP contribution is -2.35. The Morgan fingerprint density at radius 3 is 2.29 bits per heavy atom. The van der Waals surface area contributed by atoms with E-state index in [4.69, 9.17) is 0 Å². The molecule has 0 aliphatic carbocycles. The number of pyridine rings is 1. The van der Waals surface area contributed by atoms with Gasteiger partial charge in [0.1, 0.15) is 5.82 Å². The van der Waals surface area contributed by atoms with Crippen molar-refractivity contribution in [3.8, 4) is 11.1 Å². The molecule has 3 rings (SSSR count). The van der Waals surface area contributed by atoms with Crippen LogP contribution in [-0.2, 0) is 33.6 Å². The van der Waals surface area contributed by atoms with E-state index in [0.717, 1.165) is 0 Å². The van der Waals surface area contributed by atoms with Crippen molar-refractivity contribution in [1.29, 1.82) is 0 Å². The van der Waals surface area contributed by atoms with E-state index in [2.05, 4.69) is 4.72 Å². The highest BCUT2D eigenvalue weighted by atomic mass is 32.2. The zero-order valence-corrected chi connectivity index (χ0v) is 24.0. The van der Waals surface area contributed by atoms with Crippen LogP contribution in [0.4, 0.5) is 4.39 Å². The number of hydrogen-bond acceptors (Lipinski definition) is 5. The maximum atomic E-state index is 13.6. The van der Waals surface area contributed by atoms with Crippen LogP contribution in [0.1, 0.15) is 67.7 Å². The van der Waals surface area contributed by atoms with Crippen LogP contribution in [0.15, 0.2) is 59.5 Å². The molecule has 7 nitrogen and oxygen atoms in total. The Morgan fingerprint density at radius 2 is 1.71 bits per heavy atom. The molecule has 0 aliphatic rings. The van der Waals surface area contributed by atoms with E-state index in [1.165, 1.54) is 34.9 Å². The Kier molecular flexibility index (Phi) is 8.90. The van der Waals surface area contributed by atoms with Crippen molar-refractivity contribution in [3.63, 3.8) is 0 Å². The van der Waals surface area contributed by atoms with Crippen LogP contribution in [0.2, 0.25) is 0 Å². The first-order valence-corrected chi connectivity index (χ1v) is 15.1. The Morgan fingerprint density at radius 1 is 1.08 bits per heavy atom. The molecule has 0 spiro atoms. The molecule has 0 bridgehead atoms. The molecule has 204 valence electrons. The number of carbonyl (C=O) groups is 1. The van der Waals surface area contributed by atoms with Crippen molar-refractivity contribution in [2.24, 2.45) is 7.05 Å². The molecule has 0 saturated carbocycles. The minimum atomic E-state index is -3.37. The number of benzene rings is 2. The fourth-order valence-corrected chi connectivity index (χ4v) is 5.54. The SMILES string of the molecule is CCS(=O)(=O)Cc1ccc(C(=O)c2ccc(F)cc2)c(-c2cn(C)c(=O)cc2[C@H](C)NS(=O)C(C)(C)C)c1. The van der Waals surface area contributed by atoms with Gasteiger partial charge in [0, 0.05) is 47.8 Å². The number of ketones is 1. The van der Waals surface area contributed by atoms with Gasteiger partial charge in [-0.2, -0.15) is 0 Å². The Hall–Kier alpha value is -2.95. The summed E-state index contributed by atoms with van der Waals surface area (Å²) in [6, 6.07) is 10.8. The normalized spacial score (nSPS) is 13.8. The van der Waals surface area contributed by atoms with Gasteiger partial charge in [-0.3, -0.25) is 9.59 Å². The maximum absolute atomic E-state index is 13.6. The number of sulfone groups is 1. The van der Waals surface area contributed by atoms with Crippen molar-refractivity contribution in [2.45, 2.75) is 51.2 Å². The van der Waals surface area contributed by atoms with Gasteiger partial charge in [-0.1, -0.05) is 19.1 Å². The molecule has 2 atom stereocenters. The number of carbonyl (C=O) groups excluding carboxylic acids is 1. The Bertz CT molecular complexity index is 1540. The summed E-state index contributed by atoms with van der Waals surface area (Å²) >= 11 is 0. The Labute approximate surface area is 225 Å². The van der Waals surface area contributed by atoms with Gasteiger partial charge in [0.05, 0.1) is 21.5 Å². The molecule has 0 fully saturated rings. The number of aryl methyl sites for hydroxylation is 1. The van der Waals surface area contributed by atoms with E-state index in [1.54, 1.807) is 45.3 Å². The van der Waals surface area contributed by atoms with Crippen LogP contribution in [0.3, 0.4) is 0 Å². The van der Waals surface area contributed by atoms with Gasteiger partial charge in [-0.05, 0) is 74.7 Å². The lowest BCUT2D eigenvalue weighted by Gasteiger charge is -2.24. The number of nitrogens with zero attached hydrogens (tertiary/aromatic N) is 1. The van der Waals surface area contributed by atoms with Crippen molar-refractivity contribution in [2.75, 3.05) is 5.75 Å². The molecule has 2 aromatic carbocycles. The van der Waals surface area contributed by atoms with Crippen molar-refractivity contribution >= 4 is 26.6 Å². The molecule has 0 amide bonds. The molecule has 38 heavy (non-hydrogen) atoms. The number of rotatable bonds is 9. The quantitative estimate of drug-likeness (QED) is 0.389. The van der Waals surface area contributed by atoms with E-state index in [1.807, 2.05) is 20.8 Å². The topological polar surface area (TPSA) is 102 Å². The number of nitrogens with one attached hydrogen (secondary N) is 1. The van der Waals surface area contributed by atoms with Gasteiger partial charge in [-0.25, -0.2) is 21.7 Å². The van der Waals surface area contributed by atoms with Gasteiger partial charge >= 0.3 is 0 Å². The van der Waals surface area contributed by atoms with Crippen LogP contribution < -0.4 is 10.3 Å². The van der Waals surface area contributed by atoms with Crippen molar-refractivity contribution < 1.29 is 21.8 Å². The first-order valence-electron chi connectivity index (χ1n) is 12.2. The highest BCUT2D eigenvalue weighted by Crippen LogP contribution is 2.33. The Balaban J connectivity index is 2.27. The zero-order valence-electron chi connectivity index (χ0n) is 22.4. The molecular weight excluding hydrogens is 527 g/mol. The van der Waals surface area contributed by atoms with Gasteiger partial charge in [-0.15, -0.1) is 0 Å². The first-order chi connectivity index (χ1) is 17.6. The molecule has 10 heteroatoms. The minimum Gasteiger partial charge on any atom is -0.318 e. The minimum absolute atomic E-state index is 0.0384. The van der Waals surface area contributed by atoms with E-state index < -0.39 is 37.4 Å². The molecule has 0 aliphatic heterocycles. The molecule has 0 radical (unpaired) electrons. The molecule has 0 saturated heterocycles.